The number of hydrogen-bond donors (Lipinski definition) is 1. The lowest BCUT2D eigenvalue weighted by atomic mass is 10.1. The molecule has 0 aromatic carbocycles. The van der Waals surface area contributed by atoms with Crippen LogP contribution in [-0.4, -0.2) is 15.7 Å². The zero-order valence-electron chi connectivity index (χ0n) is 7.82. The summed E-state index contributed by atoms with van der Waals surface area (Å²) in [5, 5.41) is 7.18. The zero-order chi connectivity index (χ0) is 9.42. The van der Waals surface area contributed by atoms with E-state index in [1.54, 1.807) is 4.68 Å². The first-order valence-corrected chi connectivity index (χ1v) is 4.47. The molecule has 1 amide bonds. The summed E-state index contributed by atoms with van der Waals surface area (Å²) in [6.45, 7) is 1.94. The summed E-state index contributed by atoms with van der Waals surface area (Å²) in [5.74, 6) is 0.252. The molecule has 1 aromatic rings. The molecule has 2 atom stereocenters. The highest BCUT2D eigenvalue weighted by Crippen LogP contribution is 2.25. The maximum absolute atomic E-state index is 11.2. The Morgan fingerprint density at radius 1 is 1.69 bits per heavy atom. The van der Waals surface area contributed by atoms with Gasteiger partial charge in [-0.15, -0.1) is 0 Å². The van der Waals surface area contributed by atoms with Crippen molar-refractivity contribution in [1.29, 1.82) is 0 Å². The predicted molar refractivity (Wildman–Crippen MR) is 47.9 cm³/mol. The number of carbonyl (C=O) groups excluding carboxylic acids is 1. The van der Waals surface area contributed by atoms with Gasteiger partial charge in [-0.25, -0.2) is 0 Å². The van der Waals surface area contributed by atoms with E-state index < -0.39 is 0 Å². The third kappa shape index (κ3) is 1.43. The molecule has 0 aliphatic carbocycles. The van der Waals surface area contributed by atoms with E-state index in [0.29, 0.717) is 0 Å². The topological polar surface area (TPSA) is 46.9 Å². The van der Waals surface area contributed by atoms with Crippen LogP contribution in [0.5, 0.6) is 0 Å². The van der Waals surface area contributed by atoms with Crippen molar-refractivity contribution in [3.8, 4) is 0 Å². The SMILES string of the molecule is CC1CC(c2ccn(C)n2)NC1=O. The number of amides is 1. The van der Waals surface area contributed by atoms with E-state index in [1.165, 1.54) is 0 Å². The van der Waals surface area contributed by atoms with Gasteiger partial charge in [0.2, 0.25) is 5.91 Å². The molecule has 4 heteroatoms. The van der Waals surface area contributed by atoms with Crippen molar-refractivity contribution >= 4 is 5.91 Å². The van der Waals surface area contributed by atoms with Gasteiger partial charge in [0, 0.05) is 19.2 Å². The number of rotatable bonds is 1. The highest BCUT2D eigenvalue weighted by atomic mass is 16.2. The Hall–Kier alpha value is -1.32. The lowest BCUT2D eigenvalue weighted by Gasteiger charge is -2.04. The van der Waals surface area contributed by atoms with E-state index >= 15 is 0 Å². The Morgan fingerprint density at radius 3 is 2.92 bits per heavy atom. The van der Waals surface area contributed by atoms with Gasteiger partial charge in [-0.1, -0.05) is 6.92 Å². The molecule has 2 unspecified atom stereocenters. The fourth-order valence-electron chi connectivity index (χ4n) is 1.65. The predicted octanol–water partition coefficient (Wildman–Crippen LogP) is 0.617. The molecule has 2 heterocycles. The van der Waals surface area contributed by atoms with E-state index in [2.05, 4.69) is 10.4 Å². The quantitative estimate of drug-likeness (QED) is 0.687. The van der Waals surface area contributed by atoms with Crippen LogP contribution in [0.4, 0.5) is 0 Å². The van der Waals surface area contributed by atoms with Gasteiger partial charge in [-0.3, -0.25) is 9.48 Å². The minimum absolute atomic E-state index is 0.115. The number of hydrogen-bond acceptors (Lipinski definition) is 2. The van der Waals surface area contributed by atoms with Crippen LogP contribution in [0.3, 0.4) is 0 Å². The summed E-state index contributed by atoms with van der Waals surface area (Å²) >= 11 is 0. The number of nitrogens with zero attached hydrogens (tertiary/aromatic N) is 2. The van der Waals surface area contributed by atoms with Crippen molar-refractivity contribution in [2.75, 3.05) is 0 Å². The molecular formula is C9H13N3O. The summed E-state index contributed by atoms with van der Waals surface area (Å²) in [6, 6.07) is 2.06. The maximum Gasteiger partial charge on any atom is 0.223 e. The minimum Gasteiger partial charge on any atom is -0.347 e. The van der Waals surface area contributed by atoms with E-state index in [-0.39, 0.29) is 17.9 Å². The van der Waals surface area contributed by atoms with Crippen LogP contribution in [0.1, 0.15) is 25.1 Å². The van der Waals surface area contributed by atoms with Gasteiger partial charge in [0.1, 0.15) is 0 Å². The average molecular weight is 179 g/mol. The van der Waals surface area contributed by atoms with Gasteiger partial charge < -0.3 is 5.32 Å². The molecule has 1 aliphatic heterocycles. The Kier molecular flexibility index (Phi) is 1.83. The molecule has 1 fully saturated rings. The van der Waals surface area contributed by atoms with Crippen molar-refractivity contribution in [2.24, 2.45) is 13.0 Å². The second-order valence-corrected chi connectivity index (χ2v) is 3.61. The van der Waals surface area contributed by atoms with Gasteiger partial charge in [-0.2, -0.15) is 5.10 Å². The van der Waals surface area contributed by atoms with Crippen molar-refractivity contribution in [2.45, 2.75) is 19.4 Å². The second-order valence-electron chi connectivity index (χ2n) is 3.61. The standard InChI is InChI=1S/C9H13N3O/c1-6-5-8(10-9(6)13)7-3-4-12(2)11-7/h3-4,6,8H,5H2,1-2H3,(H,10,13). The molecule has 1 aromatic heterocycles. The lowest BCUT2D eigenvalue weighted by Crippen LogP contribution is -2.20. The number of nitrogens with one attached hydrogen (secondary N) is 1. The Balaban J connectivity index is 2.16. The average Bonchev–Trinajstić information content (AvgIpc) is 2.61. The van der Waals surface area contributed by atoms with Crippen LogP contribution >= 0.6 is 0 Å². The first kappa shape index (κ1) is 8.29. The van der Waals surface area contributed by atoms with Crippen LogP contribution in [0.15, 0.2) is 12.3 Å². The zero-order valence-corrected chi connectivity index (χ0v) is 7.82. The van der Waals surface area contributed by atoms with Crippen molar-refractivity contribution in [3.63, 3.8) is 0 Å². The van der Waals surface area contributed by atoms with Crippen LogP contribution in [-0.2, 0) is 11.8 Å². The summed E-state index contributed by atoms with van der Waals surface area (Å²) in [4.78, 5) is 11.2. The first-order chi connectivity index (χ1) is 6.16. The monoisotopic (exact) mass is 179 g/mol. The maximum atomic E-state index is 11.2. The van der Waals surface area contributed by atoms with Crippen LogP contribution in [0.25, 0.3) is 0 Å². The van der Waals surface area contributed by atoms with Crippen molar-refractivity contribution < 1.29 is 4.79 Å². The van der Waals surface area contributed by atoms with Gasteiger partial charge in [0.05, 0.1) is 11.7 Å². The fourth-order valence-corrected chi connectivity index (χ4v) is 1.65. The van der Waals surface area contributed by atoms with Crippen LogP contribution in [0, 0.1) is 5.92 Å². The Morgan fingerprint density at radius 2 is 2.46 bits per heavy atom. The van der Waals surface area contributed by atoms with Gasteiger partial charge in [-0.05, 0) is 12.5 Å². The second kappa shape index (κ2) is 2.87. The minimum atomic E-state index is 0.115. The molecule has 1 N–H and O–H groups in total. The van der Waals surface area contributed by atoms with E-state index in [1.807, 2.05) is 26.2 Å². The molecule has 2 rings (SSSR count). The molecule has 4 nitrogen and oxygen atoms in total. The summed E-state index contributed by atoms with van der Waals surface area (Å²) < 4.78 is 1.75. The molecular weight excluding hydrogens is 166 g/mol. The normalized spacial score (nSPS) is 27.7. The van der Waals surface area contributed by atoms with Gasteiger partial charge >= 0.3 is 0 Å². The highest BCUT2D eigenvalue weighted by Gasteiger charge is 2.30. The summed E-state index contributed by atoms with van der Waals surface area (Å²) in [5.41, 5.74) is 0.959. The molecule has 0 radical (unpaired) electrons. The Labute approximate surface area is 76.9 Å². The van der Waals surface area contributed by atoms with Gasteiger partial charge in [0.25, 0.3) is 0 Å². The highest BCUT2D eigenvalue weighted by molar-refractivity contribution is 5.81. The van der Waals surface area contributed by atoms with E-state index in [4.69, 9.17) is 0 Å². The Bertz CT molecular complexity index is 331. The molecule has 70 valence electrons. The van der Waals surface area contributed by atoms with Crippen LogP contribution < -0.4 is 5.32 Å². The number of aromatic nitrogens is 2. The molecule has 0 spiro atoms. The van der Waals surface area contributed by atoms with E-state index in [0.717, 1.165) is 12.1 Å². The summed E-state index contributed by atoms with van der Waals surface area (Å²) in [6.07, 6.45) is 2.75. The number of carbonyl (C=O) groups is 1. The molecule has 1 aliphatic rings. The third-order valence-corrected chi connectivity index (χ3v) is 2.44. The van der Waals surface area contributed by atoms with Crippen molar-refractivity contribution in [1.82, 2.24) is 15.1 Å². The third-order valence-electron chi connectivity index (χ3n) is 2.44. The van der Waals surface area contributed by atoms with Crippen molar-refractivity contribution in [3.05, 3.63) is 18.0 Å². The lowest BCUT2D eigenvalue weighted by molar-refractivity contribution is -0.122. The fraction of sp³-hybridized carbons (Fsp3) is 0.556. The van der Waals surface area contributed by atoms with Crippen LogP contribution in [0.2, 0.25) is 0 Å². The molecule has 13 heavy (non-hydrogen) atoms. The van der Waals surface area contributed by atoms with E-state index in [9.17, 15) is 4.79 Å². The first-order valence-electron chi connectivity index (χ1n) is 4.47. The smallest absolute Gasteiger partial charge is 0.223 e. The summed E-state index contributed by atoms with van der Waals surface area (Å²) in [7, 11) is 1.88. The molecule has 0 bridgehead atoms. The molecule has 1 saturated heterocycles. The largest absolute Gasteiger partial charge is 0.347 e. The molecule has 0 saturated carbocycles. The number of aryl methyl sites for hydroxylation is 1. The van der Waals surface area contributed by atoms with Gasteiger partial charge in [0.15, 0.2) is 0 Å².